The van der Waals surface area contributed by atoms with Crippen molar-refractivity contribution in [1.82, 2.24) is 17.6 Å². The third kappa shape index (κ3) is 8.48. The van der Waals surface area contributed by atoms with Crippen LogP contribution in [-0.2, 0) is 19.2 Å². The SMILES string of the molecule is N.N.O=C(O)CCC(NC(C(=O)O)C(=O)O)C(=O)O. The summed E-state index contributed by atoms with van der Waals surface area (Å²) in [5.74, 6) is -6.28. The first-order valence-electron chi connectivity index (χ1n) is 4.42. The highest BCUT2D eigenvalue weighted by molar-refractivity contribution is 5.97. The molecule has 0 aliphatic heterocycles. The van der Waals surface area contributed by atoms with Gasteiger partial charge in [-0.05, 0) is 6.42 Å². The molecule has 0 aliphatic carbocycles. The summed E-state index contributed by atoms with van der Waals surface area (Å²) >= 11 is 0. The zero-order valence-electron chi connectivity index (χ0n) is 9.90. The Morgan fingerprint density at radius 1 is 0.842 bits per heavy atom. The third-order valence-corrected chi connectivity index (χ3v) is 1.81. The molecule has 1 unspecified atom stereocenters. The molecule has 0 aromatic rings. The molecule has 0 heterocycles. The highest BCUT2D eigenvalue weighted by atomic mass is 16.4. The van der Waals surface area contributed by atoms with Gasteiger partial charge in [0.15, 0.2) is 0 Å². The topological polar surface area (TPSA) is 231 Å². The summed E-state index contributed by atoms with van der Waals surface area (Å²) in [6, 6.07) is -3.65. The number of rotatable bonds is 8. The Balaban J connectivity index is -0.00000128. The van der Waals surface area contributed by atoms with Crippen molar-refractivity contribution in [3.63, 3.8) is 0 Å². The molecule has 0 bridgehead atoms. The molecule has 0 aliphatic rings. The van der Waals surface area contributed by atoms with E-state index >= 15 is 0 Å². The van der Waals surface area contributed by atoms with Crippen molar-refractivity contribution in [1.29, 1.82) is 0 Å². The fraction of sp³-hybridized carbons (Fsp3) is 0.500. The first kappa shape index (κ1) is 22.0. The van der Waals surface area contributed by atoms with Crippen LogP contribution in [0.25, 0.3) is 0 Å². The van der Waals surface area contributed by atoms with Gasteiger partial charge in [-0.1, -0.05) is 0 Å². The molecule has 0 saturated heterocycles. The van der Waals surface area contributed by atoms with Crippen LogP contribution in [0.1, 0.15) is 12.8 Å². The molecular weight excluding hydrogens is 266 g/mol. The Morgan fingerprint density at radius 3 is 1.53 bits per heavy atom. The monoisotopic (exact) mass is 283 g/mol. The van der Waals surface area contributed by atoms with E-state index in [9.17, 15) is 19.2 Å². The second kappa shape index (κ2) is 9.76. The summed E-state index contributed by atoms with van der Waals surface area (Å²) in [6.45, 7) is 0. The summed E-state index contributed by atoms with van der Waals surface area (Å²) in [5, 5.41) is 35.8. The molecule has 11 heteroatoms. The van der Waals surface area contributed by atoms with E-state index in [0.717, 1.165) is 0 Å². The van der Waals surface area contributed by atoms with Crippen LogP contribution in [0.3, 0.4) is 0 Å². The van der Waals surface area contributed by atoms with Crippen molar-refractivity contribution in [2.45, 2.75) is 24.9 Å². The van der Waals surface area contributed by atoms with E-state index in [-0.39, 0.29) is 12.3 Å². The van der Waals surface area contributed by atoms with E-state index in [2.05, 4.69) is 0 Å². The lowest BCUT2D eigenvalue weighted by molar-refractivity contribution is -0.152. The number of hydrogen-bond acceptors (Lipinski definition) is 7. The van der Waals surface area contributed by atoms with E-state index in [1.807, 2.05) is 5.32 Å². The van der Waals surface area contributed by atoms with Crippen molar-refractivity contribution in [3.05, 3.63) is 0 Å². The molecule has 112 valence electrons. The summed E-state index contributed by atoms with van der Waals surface area (Å²) in [6.07, 6.45) is -0.933. The van der Waals surface area contributed by atoms with Crippen LogP contribution in [0.4, 0.5) is 0 Å². The van der Waals surface area contributed by atoms with Gasteiger partial charge in [0.25, 0.3) is 0 Å². The first-order chi connectivity index (χ1) is 7.75. The van der Waals surface area contributed by atoms with Crippen LogP contribution in [0.5, 0.6) is 0 Å². The van der Waals surface area contributed by atoms with Crippen LogP contribution in [-0.4, -0.2) is 56.4 Å². The second-order valence-electron chi connectivity index (χ2n) is 3.10. The first-order valence-corrected chi connectivity index (χ1v) is 4.42. The van der Waals surface area contributed by atoms with Gasteiger partial charge in [-0.2, -0.15) is 0 Å². The quantitative estimate of drug-likeness (QED) is 0.260. The van der Waals surface area contributed by atoms with Gasteiger partial charge in [-0.15, -0.1) is 0 Å². The highest BCUT2D eigenvalue weighted by Gasteiger charge is 2.31. The van der Waals surface area contributed by atoms with E-state index in [1.165, 1.54) is 0 Å². The van der Waals surface area contributed by atoms with E-state index in [4.69, 9.17) is 20.4 Å². The molecule has 11 nitrogen and oxygen atoms in total. The van der Waals surface area contributed by atoms with Gasteiger partial charge < -0.3 is 32.7 Å². The van der Waals surface area contributed by atoms with E-state index in [1.54, 1.807) is 0 Å². The average Bonchev–Trinajstić information content (AvgIpc) is 2.15. The van der Waals surface area contributed by atoms with E-state index < -0.39 is 48.8 Å². The average molecular weight is 283 g/mol. The van der Waals surface area contributed by atoms with Gasteiger partial charge in [0.1, 0.15) is 6.04 Å². The maximum absolute atomic E-state index is 10.7. The number of carboxylic acids is 4. The van der Waals surface area contributed by atoms with Crippen LogP contribution >= 0.6 is 0 Å². The van der Waals surface area contributed by atoms with Gasteiger partial charge >= 0.3 is 23.9 Å². The number of carboxylic acid groups (broad SMARTS) is 4. The lowest BCUT2D eigenvalue weighted by atomic mass is 10.1. The standard InChI is InChI=1S/C8H11NO8.2H3N/c10-4(11)2-1-3(6(12)13)9-5(7(14)15)8(16)17;;/h3,5,9H,1-2H2,(H,10,11)(H,12,13)(H,14,15)(H,16,17);2*1H3. The minimum absolute atomic E-state index is 0. The van der Waals surface area contributed by atoms with Crippen LogP contribution in [0.15, 0.2) is 0 Å². The Bertz CT molecular complexity index is 331. The maximum Gasteiger partial charge on any atom is 0.332 e. The van der Waals surface area contributed by atoms with Gasteiger partial charge in [-0.25, -0.2) is 9.59 Å². The van der Waals surface area contributed by atoms with Crippen molar-refractivity contribution in [2.24, 2.45) is 0 Å². The molecular formula is C8H17N3O8. The van der Waals surface area contributed by atoms with Crippen LogP contribution in [0, 0.1) is 0 Å². The van der Waals surface area contributed by atoms with Crippen molar-refractivity contribution in [2.75, 3.05) is 0 Å². The fourth-order valence-corrected chi connectivity index (χ4v) is 0.995. The molecule has 0 rings (SSSR count). The maximum atomic E-state index is 10.7. The predicted molar refractivity (Wildman–Crippen MR) is 60.5 cm³/mol. The summed E-state index contributed by atoms with van der Waals surface area (Å²) in [5.41, 5.74) is 0. The Labute approximate surface area is 107 Å². The minimum Gasteiger partial charge on any atom is -0.481 e. The van der Waals surface area contributed by atoms with Crippen LogP contribution < -0.4 is 17.6 Å². The fourth-order valence-electron chi connectivity index (χ4n) is 0.995. The third-order valence-electron chi connectivity index (χ3n) is 1.81. The van der Waals surface area contributed by atoms with E-state index in [0.29, 0.717) is 0 Å². The molecule has 1 atom stereocenters. The second-order valence-corrected chi connectivity index (χ2v) is 3.10. The molecule has 0 aromatic heterocycles. The summed E-state index contributed by atoms with van der Waals surface area (Å²) in [7, 11) is 0. The minimum atomic E-state index is -2.09. The lowest BCUT2D eigenvalue weighted by Crippen LogP contribution is -2.51. The van der Waals surface area contributed by atoms with Gasteiger partial charge in [0.05, 0.1) is 0 Å². The molecule has 0 fully saturated rings. The highest BCUT2D eigenvalue weighted by Crippen LogP contribution is 2.00. The molecule has 0 saturated carbocycles. The molecule has 0 radical (unpaired) electrons. The molecule has 19 heavy (non-hydrogen) atoms. The Hall–Kier alpha value is -2.24. The number of aliphatic carboxylic acids is 4. The van der Waals surface area contributed by atoms with Crippen molar-refractivity contribution < 1.29 is 39.6 Å². The van der Waals surface area contributed by atoms with Gasteiger partial charge in [0.2, 0.25) is 6.04 Å². The molecule has 0 aromatic carbocycles. The molecule has 0 amide bonds. The summed E-state index contributed by atoms with van der Waals surface area (Å²) in [4.78, 5) is 41.8. The van der Waals surface area contributed by atoms with Crippen molar-refractivity contribution in [3.8, 4) is 0 Å². The Morgan fingerprint density at radius 2 is 1.26 bits per heavy atom. The Kier molecular flexibility index (Phi) is 11.3. The zero-order chi connectivity index (χ0) is 13.6. The summed E-state index contributed by atoms with van der Waals surface area (Å²) < 4.78 is 0. The van der Waals surface area contributed by atoms with Gasteiger partial charge in [0, 0.05) is 6.42 Å². The van der Waals surface area contributed by atoms with Crippen LogP contribution in [0.2, 0.25) is 0 Å². The van der Waals surface area contributed by atoms with Gasteiger partial charge in [-0.3, -0.25) is 14.9 Å². The molecule has 0 spiro atoms. The zero-order valence-corrected chi connectivity index (χ0v) is 9.90. The van der Waals surface area contributed by atoms with Crippen molar-refractivity contribution >= 4 is 23.9 Å². The molecule has 11 N–H and O–H groups in total. The normalized spacial score (nSPS) is 10.8. The number of nitrogens with one attached hydrogen (secondary N) is 1. The predicted octanol–water partition coefficient (Wildman–Crippen LogP) is -1.24. The number of carbonyl (C=O) groups is 4. The number of hydrogen-bond donors (Lipinski definition) is 7. The smallest absolute Gasteiger partial charge is 0.332 e. The largest absolute Gasteiger partial charge is 0.481 e. The lowest BCUT2D eigenvalue weighted by Gasteiger charge is -2.16.